The van der Waals surface area contributed by atoms with Gasteiger partial charge in [0, 0.05) is 46.6 Å². The van der Waals surface area contributed by atoms with Crippen molar-refractivity contribution in [2.75, 3.05) is 24.6 Å². The number of carbonyl (C=O) groups excluding carboxylic acids is 1. The van der Waals surface area contributed by atoms with E-state index in [-0.39, 0.29) is 11.9 Å². The SMILES string of the molecule is CCN(CC)C(=O)c1cc(Cl)cc(-c2nc(N)nc(C)c2-c2ccc(N)nc2)c1. The average Bonchev–Trinajstić information content (AvgIpc) is 2.69. The van der Waals surface area contributed by atoms with Crippen molar-refractivity contribution in [3.05, 3.63) is 52.8 Å². The van der Waals surface area contributed by atoms with Crippen LogP contribution < -0.4 is 11.5 Å². The first-order valence-electron chi connectivity index (χ1n) is 9.30. The van der Waals surface area contributed by atoms with Crippen LogP contribution in [0.2, 0.25) is 5.02 Å². The number of carbonyl (C=O) groups is 1. The van der Waals surface area contributed by atoms with Crippen molar-refractivity contribution in [1.29, 1.82) is 0 Å². The van der Waals surface area contributed by atoms with E-state index in [2.05, 4.69) is 15.0 Å². The first kappa shape index (κ1) is 20.5. The van der Waals surface area contributed by atoms with Gasteiger partial charge in [-0.15, -0.1) is 0 Å². The zero-order valence-corrected chi connectivity index (χ0v) is 17.4. The van der Waals surface area contributed by atoms with Gasteiger partial charge in [0.25, 0.3) is 5.91 Å². The summed E-state index contributed by atoms with van der Waals surface area (Å²) in [5.74, 6) is 0.466. The van der Waals surface area contributed by atoms with Crippen LogP contribution in [-0.4, -0.2) is 38.8 Å². The molecule has 2 heterocycles. The van der Waals surface area contributed by atoms with Crippen molar-refractivity contribution >= 4 is 29.3 Å². The standard InChI is InChI=1S/C21H23ClN6O/c1-4-28(5-2)20(29)15-8-14(9-16(22)10-15)19-18(12(3)26-21(24)27-19)13-6-7-17(23)25-11-13/h6-11H,4-5H2,1-3H3,(H2,23,25)(H2,24,26,27). The number of nitrogens with zero attached hydrogens (tertiary/aromatic N) is 4. The van der Waals surface area contributed by atoms with Gasteiger partial charge in [-0.3, -0.25) is 4.79 Å². The van der Waals surface area contributed by atoms with E-state index < -0.39 is 0 Å². The van der Waals surface area contributed by atoms with Crippen molar-refractivity contribution in [2.24, 2.45) is 0 Å². The van der Waals surface area contributed by atoms with E-state index in [4.69, 9.17) is 23.1 Å². The van der Waals surface area contributed by atoms with Gasteiger partial charge in [-0.2, -0.15) is 0 Å². The number of nitrogens with two attached hydrogens (primary N) is 2. The molecule has 0 saturated heterocycles. The summed E-state index contributed by atoms with van der Waals surface area (Å²) in [6, 6.07) is 8.76. The predicted molar refractivity (Wildman–Crippen MR) is 117 cm³/mol. The van der Waals surface area contributed by atoms with Gasteiger partial charge >= 0.3 is 0 Å². The summed E-state index contributed by atoms with van der Waals surface area (Å²) in [6.45, 7) is 6.94. The molecule has 0 unspecified atom stereocenters. The molecular weight excluding hydrogens is 388 g/mol. The van der Waals surface area contributed by atoms with Crippen LogP contribution in [0.25, 0.3) is 22.4 Å². The van der Waals surface area contributed by atoms with E-state index in [1.54, 1.807) is 35.4 Å². The number of halogens is 1. The molecule has 3 rings (SSSR count). The highest BCUT2D eigenvalue weighted by Gasteiger charge is 2.19. The quantitative estimate of drug-likeness (QED) is 0.661. The lowest BCUT2D eigenvalue weighted by molar-refractivity contribution is 0.0773. The number of anilines is 2. The minimum atomic E-state index is -0.0896. The summed E-state index contributed by atoms with van der Waals surface area (Å²) >= 11 is 6.36. The number of amides is 1. The van der Waals surface area contributed by atoms with Gasteiger partial charge in [-0.05, 0) is 51.1 Å². The normalized spacial score (nSPS) is 10.8. The van der Waals surface area contributed by atoms with Crippen molar-refractivity contribution in [1.82, 2.24) is 19.9 Å². The fourth-order valence-corrected chi connectivity index (χ4v) is 3.48. The number of hydrogen-bond donors (Lipinski definition) is 2. The van der Waals surface area contributed by atoms with Gasteiger partial charge in [0.2, 0.25) is 5.95 Å². The van der Waals surface area contributed by atoms with Crippen LogP contribution in [0.5, 0.6) is 0 Å². The molecule has 0 atom stereocenters. The van der Waals surface area contributed by atoms with Crippen LogP contribution in [0.3, 0.4) is 0 Å². The second kappa shape index (κ2) is 8.45. The van der Waals surface area contributed by atoms with Crippen molar-refractivity contribution < 1.29 is 4.79 Å². The number of nitrogen functional groups attached to an aromatic ring is 2. The Kier molecular flexibility index (Phi) is 5.98. The minimum Gasteiger partial charge on any atom is -0.384 e. The zero-order chi connectivity index (χ0) is 21.1. The molecule has 0 bridgehead atoms. The highest BCUT2D eigenvalue weighted by atomic mass is 35.5. The Balaban J connectivity index is 2.21. The van der Waals surface area contributed by atoms with Crippen molar-refractivity contribution in [3.63, 3.8) is 0 Å². The van der Waals surface area contributed by atoms with E-state index in [1.165, 1.54) is 0 Å². The first-order chi connectivity index (χ1) is 13.8. The Morgan fingerprint density at radius 2 is 1.79 bits per heavy atom. The van der Waals surface area contributed by atoms with Crippen molar-refractivity contribution in [3.8, 4) is 22.4 Å². The maximum Gasteiger partial charge on any atom is 0.253 e. The topological polar surface area (TPSA) is 111 Å². The van der Waals surface area contributed by atoms with Gasteiger partial charge in [0.1, 0.15) is 5.82 Å². The Labute approximate surface area is 174 Å². The summed E-state index contributed by atoms with van der Waals surface area (Å²) in [5, 5.41) is 0.439. The molecule has 3 aromatic rings. The van der Waals surface area contributed by atoms with E-state index in [1.807, 2.05) is 26.8 Å². The Morgan fingerprint density at radius 3 is 2.41 bits per heavy atom. The molecule has 0 radical (unpaired) electrons. The molecule has 0 aliphatic rings. The molecule has 4 N–H and O–H groups in total. The number of hydrogen-bond acceptors (Lipinski definition) is 6. The van der Waals surface area contributed by atoms with Crippen LogP contribution in [0.4, 0.5) is 11.8 Å². The molecule has 0 saturated carbocycles. The van der Waals surface area contributed by atoms with Gasteiger partial charge in [0.05, 0.1) is 11.4 Å². The Morgan fingerprint density at radius 1 is 1.07 bits per heavy atom. The molecular formula is C21H23ClN6O. The molecule has 0 aliphatic heterocycles. The van der Waals surface area contributed by atoms with Gasteiger partial charge in [-0.25, -0.2) is 15.0 Å². The van der Waals surface area contributed by atoms with Crippen LogP contribution in [-0.2, 0) is 0 Å². The van der Waals surface area contributed by atoms with E-state index >= 15 is 0 Å². The van der Waals surface area contributed by atoms with Crippen LogP contribution in [0, 0.1) is 6.92 Å². The van der Waals surface area contributed by atoms with E-state index in [9.17, 15) is 4.79 Å². The molecule has 1 aromatic carbocycles. The lowest BCUT2D eigenvalue weighted by Crippen LogP contribution is -2.30. The van der Waals surface area contributed by atoms with Gasteiger partial charge in [-0.1, -0.05) is 11.6 Å². The van der Waals surface area contributed by atoms with Crippen LogP contribution >= 0.6 is 11.6 Å². The number of pyridine rings is 1. The monoisotopic (exact) mass is 410 g/mol. The first-order valence-corrected chi connectivity index (χ1v) is 9.68. The van der Waals surface area contributed by atoms with Crippen molar-refractivity contribution in [2.45, 2.75) is 20.8 Å². The van der Waals surface area contributed by atoms with Gasteiger partial charge < -0.3 is 16.4 Å². The summed E-state index contributed by atoms with van der Waals surface area (Å²) in [4.78, 5) is 27.5. The molecule has 2 aromatic heterocycles. The van der Waals surface area contributed by atoms with Crippen LogP contribution in [0.1, 0.15) is 29.9 Å². The molecule has 0 fully saturated rings. The average molecular weight is 411 g/mol. The maximum absolute atomic E-state index is 12.9. The smallest absolute Gasteiger partial charge is 0.253 e. The third-order valence-electron chi connectivity index (χ3n) is 4.65. The summed E-state index contributed by atoms with van der Waals surface area (Å²) < 4.78 is 0. The minimum absolute atomic E-state index is 0.0896. The summed E-state index contributed by atoms with van der Waals surface area (Å²) in [5.41, 5.74) is 15.6. The Hall–Kier alpha value is -3.19. The number of rotatable bonds is 5. The molecule has 0 spiro atoms. The fraction of sp³-hybridized carbons (Fsp3) is 0.238. The maximum atomic E-state index is 12.9. The molecule has 8 heteroatoms. The number of aryl methyl sites for hydroxylation is 1. The third-order valence-corrected chi connectivity index (χ3v) is 4.87. The van der Waals surface area contributed by atoms with Crippen LogP contribution in [0.15, 0.2) is 36.5 Å². The van der Waals surface area contributed by atoms with Gasteiger partial charge in [0.15, 0.2) is 0 Å². The lowest BCUT2D eigenvalue weighted by Gasteiger charge is -2.19. The molecule has 150 valence electrons. The Bertz CT molecular complexity index is 1050. The summed E-state index contributed by atoms with van der Waals surface area (Å²) in [7, 11) is 0. The lowest BCUT2D eigenvalue weighted by atomic mass is 9.97. The second-order valence-electron chi connectivity index (χ2n) is 6.57. The largest absolute Gasteiger partial charge is 0.384 e. The van der Waals surface area contributed by atoms with E-state index in [0.29, 0.717) is 46.4 Å². The van der Waals surface area contributed by atoms with E-state index in [0.717, 1.165) is 11.1 Å². The number of aromatic nitrogens is 3. The highest BCUT2D eigenvalue weighted by molar-refractivity contribution is 6.31. The third kappa shape index (κ3) is 4.30. The molecule has 7 nitrogen and oxygen atoms in total. The summed E-state index contributed by atoms with van der Waals surface area (Å²) in [6.07, 6.45) is 1.66. The fourth-order valence-electron chi connectivity index (χ4n) is 3.25. The molecule has 29 heavy (non-hydrogen) atoms. The zero-order valence-electron chi connectivity index (χ0n) is 16.6. The predicted octanol–water partition coefficient (Wildman–Crippen LogP) is 3.81. The number of benzene rings is 1. The molecule has 0 aliphatic carbocycles. The highest BCUT2D eigenvalue weighted by Crippen LogP contribution is 2.35. The second-order valence-corrected chi connectivity index (χ2v) is 7.01. The molecule has 1 amide bonds.